The number of ether oxygens (including phenoxy) is 1. The largest absolute Gasteiger partial charge is 0.497 e. The first-order valence-corrected chi connectivity index (χ1v) is 6.57. The summed E-state index contributed by atoms with van der Waals surface area (Å²) in [5.41, 5.74) is 0.954. The summed E-state index contributed by atoms with van der Waals surface area (Å²) in [6.45, 7) is 0.968. The second-order valence-corrected chi connectivity index (χ2v) is 4.93. The van der Waals surface area contributed by atoms with Gasteiger partial charge in [0.2, 0.25) is 0 Å². The Morgan fingerprint density at radius 3 is 2.67 bits per heavy atom. The minimum atomic E-state index is -0.307. The van der Waals surface area contributed by atoms with Crippen LogP contribution in [0.3, 0.4) is 0 Å². The zero-order valence-corrected chi connectivity index (χ0v) is 10.9. The van der Waals surface area contributed by atoms with Crippen LogP contribution in [0.2, 0.25) is 0 Å². The fourth-order valence-electron chi connectivity index (χ4n) is 2.48. The molecule has 0 saturated carbocycles. The van der Waals surface area contributed by atoms with Crippen LogP contribution < -0.4 is 10.1 Å². The molecular weight excluding hydrogens is 224 g/mol. The zero-order valence-electron chi connectivity index (χ0n) is 10.9. The number of methoxy groups -OCH3 is 1. The number of nitriles is 1. The summed E-state index contributed by atoms with van der Waals surface area (Å²) in [4.78, 5) is 0. The molecule has 1 aliphatic heterocycles. The average Bonchev–Trinajstić information content (AvgIpc) is 2.47. The van der Waals surface area contributed by atoms with E-state index < -0.39 is 0 Å². The van der Waals surface area contributed by atoms with Crippen molar-refractivity contribution in [3.63, 3.8) is 0 Å². The third kappa shape index (κ3) is 3.02. The molecule has 0 aliphatic carbocycles. The molecule has 0 bridgehead atoms. The Hall–Kier alpha value is -1.53. The maximum Gasteiger partial charge on any atom is 0.118 e. The number of hydrogen-bond acceptors (Lipinski definition) is 3. The maximum absolute atomic E-state index is 9.37. The number of nitrogens with one attached hydrogen (secondary N) is 1. The molecule has 0 spiro atoms. The van der Waals surface area contributed by atoms with Gasteiger partial charge in [0.05, 0.1) is 13.2 Å². The predicted molar refractivity (Wildman–Crippen MR) is 71.5 cm³/mol. The molecule has 1 aliphatic rings. The van der Waals surface area contributed by atoms with E-state index in [0.717, 1.165) is 38.0 Å². The van der Waals surface area contributed by atoms with Gasteiger partial charge in [0.1, 0.15) is 11.3 Å². The Kier molecular flexibility index (Phi) is 4.22. The normalized spacial score (nSPS) is 23.3. The van der Waals surface area contributed by atoms with Crippen LogP contribution in [-0.4, -0.2) is 19.2 Å². The van der Waals surface area contributed by atoms with Crippen molar-refractivity contribution in [1.82, 2.24) is 5.32 Å². The van der Waals surface area contributed by atoms with E-state index in [9.17, 15) is 5.26 Å². The Morgan fingerprint density at radius 1 is 1.33 bits per heavy atom. The van der Waals surface area contributed by atoms with Crippen molar-refractivity contribution in [2.24, 2.45) is 0 Å². The number of rotatable bonds is 4. The first kappa shape index (κ1) is 12.9. The van der Waals surface area contributed by atoms with Gasteiger partial charge in [-0.05, 0) is 56.3 Å². The molecule has 3 nitrogen and oxygen atoms in total. The van der Waals surface area contributed by atoms with E-state index in [-0.39, 0.29) is 5.54 Å². The van der Waals surface area contributed by atoms with E-state index in [1.807, 2.05) is 12.1 Å². The van der Waals surface area contributed by atoms with Gasteiger partial charge in [0, 0.05) is 0 Å². The van der Waals surface area contributed by atoms with Crippen molar-refractivity contribution >= 4 is 0 Å². The fraction of sp³-hybridized carbons (Fsp3) is 0.533. The van der Waals surface area contributed by atoms with E-state index >= 15 is 0 Å². The predicted octanol–water partition coefficient (Wildman–Crippen LogP) is 2.66. The number of nitrogens with zero attached hydrogens (tertiary/aromatic N) is 1. The summed E-state index contributed by atoms with van der Waals surface area (Å²) in [6.07, 6.45) is 5.13. The van der Waals surface area contributed by atoms with Crippen molar-refractivity contribution in [3.8, 4) is 11.8 Å². The van der Waals surface area contributed by atoms with Crippen LogP contribution in [0.25, 0.3) is 0 Å². The van der Waals surface area contributed by atoms with Crippen LogP contribution in [0.15, 0.2) is 24.3 Å². The Bertz CT molecular complexity index is 413. The van der Waals surface area contributed by atoms with Crippen molar-refractivity contribution in [2.45, 2.75) is 37.6 Å². The van der Waals surface area contributed by atoms with Gasteiger partial charge in [-0.3, -0.25) is 5.32 Å². The summed E-state index contributed by atoms with van der Waals surface area (Å²) in [5, 5.41) is 12.8. The first-order valence-electron chi connectivity index (χ1n) is 6.57. The smallest absolute Gasteiger partial charge is 0.118 e. The highest BCUT2D eigenvalue weighted by atomic mass is 16.5. The van der Waals surface area contributed by atoms with Crippen LogP contribution in [0.4, 0.5) is 0 Å². The molecule has 1 atom stereocenters. The van der Waals surface area contributed by atoms with E-state index in [1.54, 1.807) is 7.11 Å². The molecule has 0 amide bonds. The lowest BCUT2D eigenvalue weighted by atomic mass is 9.85. The summed E-state index contributed by atoms with van der Waals surface area (Å²) in [6, 6.07) is 10.6. The van der Waals surface area contributed by atoms with Gasteiger partial charge < -0.3 is 4.74 Å². The van der Waals surface area contributed by atoms with Crippen LogP contribution in [0.5, 0.6) is 5.75 Å². The van der Waals surface area contributed by atoms with Gasteiger partial charge in [-0.15, -0.1) is 0 Å². The third-order valence-electron chi connectivity index (χ3n) is 3.71. The zero-order chi connectivity index (χ0) is 12.8. The molecule has 96 valence electrons. The fourth-order valence-corrected chi connectivity index (χ4v) is 2.48. The summed E-state index contributed by atoms with van der Waals surface area (Å²) >= 11 is 0. The molecule has 1 fully saturated rings. The molecule has 1 aromatic rings. The SMILES string of the molecule is COc1ccc(CCC2(C#N)CCCCN2)cc1. The molecule has 1 aromatic carbocycles. The lowest BCUT2D eigenvalue weighted by molar-refractivity contribution is 0.305. The minimum absolute atomic E-state index is 0.307. The lowest BCUT2D eigenvalue weighted by Crippen LogP contribution is -2.47. The molecule has 2 rings (SSSR count). The summed E-state index contributed by atoms with van der Waals surface area (Å²) in [7, 11) is 1.67. The summed E-state index contributed by atoms with van der Waals surface area (Å²) < 4.78 is 5.14. The topological polar surface area (TPSA) is 45.0 Å². The van der Waals surface area contributed by atoms with Gasteiger partial charge in [-0.25, -0.2) is 0 Å². The van der Waals surface area contributed by atoms with Crippen LogP contribution >= 0.6 is 0 Å². The van der Waals surface area contributed by atoms with Crippen LogP contribution in [0, 0.1) is 11.3 Å². The lowest BCUT2D eigenvalue weighted by Gasteiger charge is -2.32. The third-order valence-corrected chi connectivity index (χ3v) is 3.71. The van der Waals surface area contributed by atoms with Crippen molar-refractivity contribution in [3.05, 3.63) is 29.8 Å². The summed E-state index contributed by atoms with van der Waals surface area (Å²) in [5.74, 6) is 0.879. The highest BCUT2D eigenvalue weighted by Gasteiger charge is 2.30. The van der Waals surface area contributed by atoms with E-state index in [1.165, 1.54) is 12.0 Å². The van der Waals surface area contributed by atoms with Crippen molar-refractivity contribution in [2.75, 3.05) is 13.7 Å². The van der Waals surface area contributed by atoms with Gasteiger partial charge in [-0.1, -0.05) is 12.1 Å². The molecule has 1 saturated heterocycles. The Balaban J connectivity index is 1.95. The molecule has 0 radical (unpaired) electrons. The molecule has 1 unspecified atom stereocenters. The molecule has 3 heteroatoms. The quantitative estimate of drug-likeness (QED) is 0.885. The van der Waals surface area contributed by atoms with E-state index in [2.05, 4.69) is 23.5 Å². The Morgan fingerprint density at radius 2 is 2.11 bits per heavy atom. The van der Waals surface area contributed by atoms with Crippen LogP contribution in [0.1, 0.15) is 31.2 Å². The average molecular weight is 244 g/mol. The highest BCUT2D eigenvalue weighted by Crippen LogP contribution is 2.24. The number of hydrogen-bond donors (Lipinski definition) is 1. The number of piperidine rings is 1. The second-order valence-electron chi connectivity index (χ2n) is 4.93. The molecule has 18 heavy (non-hydrogen) atoms. The molecule has 1 heterocycles. The second kappa shape index (κ2) is 5.88. The van der Waals surface area contributed by atoms with Gasteiger partial charge >= 0.3 is 0 Å². The molecule has 1 N–H and O–H groups in total. The standard InChI is InChI=1S/C15H20N2O/c1-18-14-6-4-13(5-7-14)8-10-15(12-16)9-2-3-11-17-15/h4-7,17H,2-3,8-11H2,1H3. The van der Waals surface area contributed by atoms with Crippen molar-refractivity contribution in [1.29, 1.82) is 5.26 Å². The van der Waals surface area contributed by atoms with Crippen molar-refractivity contribution < 1.29 is 4.74 Å². The molecule has 0 aromatic heterocycles. The monoisotopic (exact) mass is 244 g/mol. The first-order chi connectivity index (χ1) is 8.78. The van der Waals surface area contributed by atoms with E-state index in [4.69, 9.17) is 4.74 Å². The van der Waals surface area contributed by atoms with Gasteiger partial charge in [0.15, 0.2) is 0 Å². The van der Waals surface area contributed by atoms with Gasteiger partial charge in [-0.2, -0.15) is 5.26 Å². The van der Waals surface area contributed by atoms with Crippen LogP contribution in [-0.2, 0) is 6.42 Å². The highest BCUT2D eigenvalue weighted by molar-refractivity contribution is 5.27. The minimum Gasteiger partial charge on any atom is -0.497 e. The Labute approximate surface area is 109 Å². The number of aryl methyl sites for hydroxylation is 1. The molecular formula is C15H20N2O. The maximum atomic E-state index is 9.37. The van der Waals surface area contributed by atoms with E-state index in [0.29, 0.717) is 0 Å². The van der Waals surface area contributed by atoms with Gasteiger partial charge in [0.25, 0.3) is 0 Å². The number of benzene rings is 1.